The molecule has 1 aliphatic carbocycles. The van der Waals surface area contributed by atoms with Crippen molar-refractivity contribution < 1.29 is 14.0 Å². The zero-order valence-corrected chi connectivity index (χ0v) is 12.9. The summed E-state index contributed by atoms with van der Waals surface area (Å²) in [5, 5.41) is 2.73. The van der Waals surface area contributed by atoms with Crippen LogP contribution >= 0.6 is 12.4 Å². The molecule has 1 heterocycles. The summed E-state index contributed by atoms with van der Waals surface area (Å²) >= 11 is 0. The van der Waals surface area contributed by atoms with Gasteiger partial charge in [0.1, 0.15) is 5.76 Å². The Bertz CT molecular complexity index is 529. The fraction of sp³-hybridized carbons (Fsp3) is 0.571. The zero-order chi connectivity index (χ0) is 14.2. The van der Waals surface area contributed by atoms with Crippen molar-refractivity contribution in [2.24, 2.45) is 5.73 Å². The van der Waals surface area contributed by atoms with Gasteiger partial charge in [0.25, 0.3) is 5.91 Å². The Kier molecular flexibility index (Phi) is 5.00. The van der Waals surface area contributed by atoms with Crippen LogP contribution in [0.25, 0.3) is 0 Å². The summed E-state index contributed by atoms with van der Waals surface area (Å²) in [4.78, 5) is 23.9. The molecule has 20 heavy (non-hydrogen) atoms. The van der Waals surface area contributed by atoms with Crippen molar-refractivity contribution >= 4 is 24.1 Å². The van der Waals surface area contributed by atoms with Crippen LogP contribution in [0.4, 0.5) is 0 Å². The van der Waals surface area contributed by atoms with Crippen LogP contribution in [-0.2, 0) is 6.42 Å². The van der Waals surface area contributed by atoms with Gasteiger partial charge in [0.2, 0.25) is 0 Å². The largest absolute Gasteiger partial charge is 0.455 e. The van der Waals surface area contributed by atoms with Crippen LogP contribution in [0, 0.1) is 6.92 Å². The number of furan rings is 1. The van der Waals surface area contributed by atoms with Crippen LogP contribution in [0.1, 0.15) is 58.9 Å². The highest BCUT2D eigenvalue weighted by Crippen LogP contribution is 2.29. The molecule has 112 valence electrons. The van der Waals surface area contributed by atoms with Gasteiger partial charge in [0.15, 0.2) is 11.5 Å². The van der Waals surface area contributed by atoms with Gasteiger partial charge in [-0.3, -0.25) is 9.59 Å². The van der Waals surface area contributed by atoms with Crippen molar-refractivity contribution in [1.82, 2.24) is 5.32 Å². The first-order chi connectivity index (χ1) is 8.79. The number of ketones is 1. The third-order valence-corrected chi connectivity index (χ3v) is 3.22. The molecule has 0 saturated heterocycles. The van der Waals surface area contributed by atoms with E-state index in [0.29, 0.717) is 29.9 Å². The number of Topliss-reactive ketones (excluding diaryl/α,β-unsaturated/α-hetero) is 1. The van der Waals surface area contributed by atoms with Crippen LogP contribution < -0.4 is 11.1 Å². The van der Waals surface area contributed by atoms with Gasteiger partial charge >= 0.3 is 0 Å². The van der Waals surface area contributed by atoms with Gasteiger partial charge in [-0.05, 0) is 27.2 Å². The molecule has 2 rings (SSSR count). The molecule has 0 aromatic carbocycles. The van der Waals surface area contributed by atoms with E-state index in [0.717, 1.165) is 12.8 Å². The first-order valence-corrected chi connectivity index (χ1v) is 6.52. The second-order valence-corrected chi connectivity index (χ2v) is 5.80. The Hall–Kier alpha value is -1.33. The number of hydrogen-bond donors (Lipinski definition) is 2. The van der Waals surface area contributed by atoms with Crippen LogP contribution in [0.3, 0.4) is 0 Å². The molecule has 0 aliphatic heterocycles. The van der Waals surface area contributed by atoms with Crippen LogP contribution in [-0.4, -0.2) is 23.8 Å². The minimum absolute atomic E-state index is 0. The molecule has 1 amide bonds. The lowest BCUT2D eigenvalue weighted by Gasteiger charge is -2.18. The lowest BCUT2D eigenvalue weighted by molar-refractivity contribution is 0.0912. The average Bonchev–Trinajstić information content (AvgIpc) is 2.64. The number of halogens is 1. The maximum Gasteiger partial charge on any atom is 0.287 e. The highest BCUT2D eigenvalue weighted by atomic mass is 35.5. The van der Waals surface area contributed by atoms with Crippen LogP contribution in [0.2, 0.25) is 0 Å². The molecule has 1 aromatic heterocycles. The van der Waals surface area contributed by atoms with E-state index < -0.39 is 5.54 Å². The summed E-state index contributed by atoms with van der Waals surface area (Å²) in [5.41, 5.74) is 6.59. The molecule has 1 aliphatic rings. The summed E-state index contributed by atoms with van der Waals surface area (Å²) < 4.78 is 5.56. The number of carbonyl (C=O) groups excluding carboxylic acids is 2. The zero-order valence-electron chi connectivity index (χ0n) is 12.0. The molecule has 0 spiro atoms. The lowest BCUT2D eigenvalue weighted by atomic mass is 9.94. The second-order valence-electron chi connectivity index (χ2n) is 5.80. The third-order valence-electron chi connectivity index (χ3n) is 3.22. The van der Waals surface area contributed by atoms with Gasteiger partial charge < -0.3 is 15.5 Å². The normalized spacial score (nSPS) is 14.5. The van der Waals surface area contributed by atoms with Crippen molar-refractivity contribution in [2.75, 3.05) is 6.54 Å². The quantitative estimate of drug-likeness (QED) is 0.894. The van der Waals surface area contributed by atoms with Gasteiger partial charge in [0, 0.05) is 30.5 Å². The fourth-order valence-electron chi connectivity index (χ4n) is 2.25. The molecule has 5 nitrogen and oxygen atoms in total. The summed E-state index contributed by atoms with van der Waals surface area (Å²) in [6.07, 6.45) is 2.04. The molecule has 6 heteroatoms. The number of nitrogens with two attached hydrogens (primary N) is 1. The molecule has 0 saturated carbocycles. The standard InChI is InChI=1S/C14H20N2O3.ClH/c1-8-11-9(17)5-4-6-10(11)19-12(8)13(18)16-7-14(2,3)15;/h4-7,15H2,1-3H3,(H,16,18);1H. The van der Waals surface area contributed by atoms with E-state index in [2.05, 4.69) is 5.32 Å². The van der Waals surface area contributed by atoms with Crippen molar-refractivity contribution in [3.05, 3.63) is 22.6 Å². The Morgan fingerprint density at radius 2 is 2.05 bits per heavy atom. The summed E-state index contributed by atoms with van der Waals surface area (Å²) in [6.45, 7) is 5.77. The maximum atomic E-state index is 12.1. The fourth-order valence-corrected chi connectivity index (χ4v) is 2.25. The van der Waals surface area contributed by atoms with Gasteiger partial charge in [-0.2, -0.15) is 0 Å². The summed E-state index contributed by atoms with van der Waals surface area (Å²) in [7, 11) is 0. The van der Waals surface area contributed by atoms with Gasteiger partial charge in [0.05, 0.1) is 5.56 Å². The minimum Gasteiger partial charge on any atom is -0.455 e. The number of aryl methyl sites for hydroxylation is 1. The first kappa shape index (κ1) is 16.7. The van der Waals surface area contributed by atoms with Gasteiger partial charge in [-0.15, -0.1) is 12.4 Å². The van der Waals surface area contributed by atoms with E-state index in [1.54, 1.807) is 6.92 Å². The predicted octanol–water partition coefficient (Wildman–Crippen LogP) is 2.00. The smallest absolute Gasteiger partial charge is 0.287 e. The Balaban J connectivity index is 0.00000200. The van der Waals surface area contributed by atoms with Gasteiger partial charge in [-0.25, -0.2) is 0 Å². The van der Waals surface area contributed by atoms with E-state index in [4.69, 9.17) is 10.2 Å². The number of hydrogen-bond acceptors (Lipinski definition) is 4. The molecule has 3 N–H and O–H groups in total. The number of nitrogens with one attached hydrogen (secondary N) is 1. The Morgan fingerprint density at radius 3 is 2.60 bits per heavy atom. The van der Waals surface area contributed by atoms with Crippen LogP contribution in [0.15, 0.2) is 4.42 Å². The first-order valence-electron chi connectivity index (χ1n) is 6.52. The van der Waals surface area contributed by atoms with Crippen LogP contribution in [0.5, 0.6) is 0 Å². The topological polar surface area (TPSA) is 85.3 Å². The van der Waals surface area contributed by atoms with E-state index in [9.17, 15) is 9.59 Å². The summed E-state index contributed by atoms with van der Waals surface area (Å²) in [5.74, 6) is 0.648. The molecule has 0 fully saturated rings. The molecule has 0 bridgehead atoms. The minimum atomic E-state index is -0.481. The molecular weight excluding hydrogens is 280 g/mol. The Labute approximate surface area is 124 Å². The highest BCUT2D eigenvalue weighted by Gasteiger charge is 2.29. The van der Waals surface area contributed by atoms with Crippen molar-refractivity contribution in [3.63, 3.8) is 0 Å². The SMILES string of the molecule is Cc1c(C(=O)NCC(C)(C)N)oc2c1C(=O)CCC2.Cl. The number of rotatable bonds is 3. The average molecular weight is 301 g/mol. The van der Waals surface area contributed by atoms with E-state index >= 15 is 0 Å². The number of amides is 1. The Morgan fingerprint density at radius 1 is 1.40 bits per heavy atom. The molecule has 0 unspecified atom stereocenters. The van der Waals surface area contributed by atoms with E-state index in [1.165, 1.54) is 0 Å². The number of carbonyl (C=O) groups is 2. The van der Waals surface area contributed by atoms with Crippen molar-refractivity contribution in [3.8, 4) is 0 Å². The third kappa shape index (κ3) is 3.41. The summed E-state index contributed by atoms with van der Waals surface area (Å²) in [6, 6.07) is 0. The molecule has 0 atom stereocenters. The molecule has 0 radical (unpaired) electrons. The maximum absolute atomic E-state index is 12.1. The number of fused-ring (bicyclic) bond motifs is 1. The van der Waals surface area contributed by atoms with E-state index in [-0.39, 0.29) is 29.9 Å². The van der Waals surface area contributed by atoms with E-state index in [1.807, 2.05) is 13.8 Å². The van der Waals surface area contributed by atoms with Crippen molar-refractivity contribution in [1.29, 1.82) is 0 Å². The molecular formula is C14H21ClN2O3. The lowest BCUT2D eigenvalue weighted by Crippen LogP contribution is -2.45. The van der Waals surface area contributed by atoms with Crippen molar-refractivity contribution in [2.45, 2.75) is 45.6 Å². The molecule has 1 aromatic rings. The predicted molar refractivity (Wildman–Crippen MR) is 78.6 cm³/mol. The highest BCUT2D eigenvalue weighted by molar-refractivity contribution is 6.03. The second kappa shape index (κ2) is 5.97. The monoisotopic (exact) mass is 300 g/mol. The van der Waals surface area contributed by atoms with Gasteiger partial charge in [-0.1, -0.05) is 0 Å².